The van der Waals surface area contributed by atoms with E-state index in [1.54, 1.807) is 14.2 Å². The molecular weight excluding hydrogens is 290 g/mol. The zero-order valence-corrected chi connectivity index (χ0v) is 12.8. The maximum atomic E-state index is 5.28. The molecule has 1 N–H and O–H groups in total. The van der Waals surface area contributed by atoms with Crippen molar-refractivity contribution >= 4 is 23.3 Å². The van der Waals surface area contributed by atoms with Crippen molar-refractivity contribution in [1.29, 1.82) is 0 Å². The van der Waals surface area contributed by atoms with Gasteiger partial charge in [0, 0.05) is 17.2 Å². The zero-order chi connectivity index (χ0) is 15.8. The summed E-state index contributed by atoms with van der Waals surface area (Å²) in [4.78, 5) is 4.65. The molecule has 0 amide bonds. The maximum absolute atomic E-state index is 5.28. The molecule has 2 aliphatic rings. The molecule has 114 valence electrons. The van der Waals surface area contributed by atoms with Gasteiger partial charge in [0.2, 0.25) is 0 Å². The maximum Gasteiger partial charge on any atom is 0.156 e. The van der Waals surface area contributed by atoms with Gasteiger partial charge in [-0.25, -0.2) is 4.99 Å². The number of hydrazone groups is 1. The van der Waals surface area contributed by atoms with Crippen molar-refractivity contribution in [3.05, 3.63) is 59.2 Å². The molecule has 1 aliphatic heterocycles. The standard InChI is InChI=1S/C18H15N3O2/c1-22-13-5-3-4-12(10-13)19-18-16-9-11-8-14(23-2)6-7-15(11)17(16)20-21-18/h3-10H,1-2H3,(H,19,21). The number of amidine groups is 1. The highest BCUT2D eigenvalue weighted by Crippen LogP contribution is 2.32. The second kappa shape index (κ2) is 5.28. The topological polar surface area (TPSA) is 55.2 Å². The van der Waals surface area contributed by atoms with Crippen LogP contribution in [0, 0.1) is 0 Å². The Morgan fingerprint density at radius 2 is 1.83 bits per heavy atom. The summed E-state index contributed by atoms with van der Waals surface area (Å²) in [6.07, 6.45) is 2.08. The molecule has 2 aromatic rings. The van der Waals surface area contributed by atoms with E-state index in [1.165, 1.54) is 0 Å². The predicted molar refractivity (Wildman–Crippen MR) is 90.7 cm³/mol. The first kappa shape index (κ1) is 13.6. The molecule has 0 spiro atoms. The van der Waals surface area contributed by atoms with Gasteiger partial charge in [0.05, 0.1) is 19.9 Å². The highest BCUT2D eigenvalue weighted by molar-refractivity contribution is 6.38. The molecule has 2 aromatic carbocycles. The SMILES string of the molecule is COc1cccc(N=C2NN=C3C2=Cc2cc(OC)ccc23)c1. The normalized spacial score (nSPS) is 16.3. The van der Waals surface area contributed by atoms with Gasteiger partial charge < -0.3 is 9.47 Å². The lowest BCUT2D eigenvalue weighted by Gasteiger charge is -2.02. The fraction of sp³-hybridized carbons (Fsp3) is 0.111. The molecular formula is C18H15N3O2. The van der Waals surface area contributed by atoms with Gasteiger partial charge in [-0.1, -0.05) is 6.07 Å². The van der Waals surface area contributed by atoms with Crippen LogP contribution in [0.3, 0.4) is 0 Å². The smallest absolute Gasteiger partial charge is 0.156 e. The van der Waals surface area contributed by atoms with E-state index in [0.717, 1.165) is 45.4 Å². The van der Waals surface area contributed by atoms with Crippen LogP contribution in [0.5, 0.6) is 11.5 Å². The van der Waals surface area contributed by atoms with Crippen LogP contribution in [0.25, 0.3) is 6.08 Å². The number of ether oxygens (including phenoxy) is 2. The minimum atomic E-state index is 0.739. The molecule has 1 aliphatic carbocycles. The summed E-state index contributed by atoms with van der Waals surface area (Å²) in [6, 6.07) is 13.6. The minimum Gasteiger partial charge on any atom is -0.497 e. The third kappa shape index (κ3) is 2.26. The van der Waals surface area contributed by atoms with Gasteiger partial charge in [-0.15, -0.1) is 0 Å². The summed E-state index contributed by atoms with van der Waals surface area (Å²) in [6.45, 7) is 0. The van der Waals surface area contributed by atoms with Gasteiger partial charge in [-0.05, 0) is 42.0 Å². The van der Waals surface area contributed by atoms with Crippen LogP contribution < -0.4 is 14.9 Å². The number of nitrogens with zero attached hydrogens (tertiary/aromatic N) is 2. The highest BCUT2D eigenvalue weighted by atomic mass is 16.5. The van der Waals surface area contributed by atoms with Gasteiger partial charge in [0.15, 0.2) is 5.84 Å². The van der Waals surface area contributed by atoms with Crippen molar-refractivity contribution < 1.29 is 9.47 Å². The van der Waals surface area contributed by atoms with Crippen LogP contribution in [-0.4, -0.2) is 25.8 Å². The first-order valence-electron chi connectivity index (χ1n) is 7.26. The summed E-state index contributed by atoms with van der Waals surface area (Å²) in [5, 5.41) is 4.41. The predicted octanol–water partition coefficient (Wildman–Crippen LogP) is 3.14. The van der Waals surface area contributed by atoms with Crippen LogP contribution in [0.1, 0.15) is 11.1 Å². The summed E-state index contributed by atoms with van der Waals surface area (Å²) in [5.74, 6) is 2.35. The number of rotatable bonds is 3. The lowest BCUT2D eigenvalue weighted by molar-refractivity contribution is 0.414. The van der Waals surface area contributed by atoms with E-state index >= 15 is 0 Å². The van der Waals surface area contributed by atoms with Gasteiger partial charge in [-0.3, -0.25) is 5.43 Å². The molecule has 0 aromatic heterocycles. The molecule has 23 heavy (non-hydrogen) atoms. The summed E-state index contributed by atoms with van der Waals surface area (Å²) >= 11 is 0. The molecule has 0 unspecified atom stereocenters. The average Bonchev–Trinajstić information content (AvgIpc) is 3.14. The van der Waals surface area contributed by atoms with Crippen LogP contribution in [0.15, 0.2) is 58.1 Å². The number of fused-ring (bicyclic) bond motifs is 3. The second-order valence-electron chi connectivity index (χ2n) is 5.25. The number of hydrogen-bond donors (Lipinski definition) is 1. The third-order valence-electron chi connectivity index (χ3n) is 3.89. The zero-order valence-electron chi connectivity index (χ0n) is 12.8. The number of methoxy groups -OCH3 is 2. The van der Waals surface area contributed by atoms with Crippen LogP contribution in [0.2, 0.25) is 0 Å². The summed E-state index contributed by atoms with van der Waals surface area (Å²) in [7, 11) is 3.31. The Morgan fingerprint density at radius 1 is 1.00 bits per heavy atom. The van der Waals surface area contributed by atoms with Gasteiger partial charge in [0.25, 0.3) is 0 Å². The first-order valence-corrected chi connectivity index (χ1v) is 7.26. The Morgan fingerprint density at radius 3 is 2.65 bits per heavy atom. The van der Waals surface area contributed by atoms with E-state index in [1.807, 2.05) is 42.5 Å². The van der Waals surface area contributed by atoms with Crippen molar-refractivity contribution in [2.45, 2.75) is 0 Å². The molecule has 4 rings (SSSR count). The first-order chi connectivity index (χ1) is 11.3. The quantitative estimate of drug-likeness (QED) is 0.948. The van der Waals surface area contributed by atoms with E-state index in [4.69, 9.17) is 9.47 Å². The summed E-state index contributed by atoms with van der Waals surface area (Å²) < 4.78 is 10.5. The van der Waals surface area contributed by atoms with Crippen LogP contribution >= 0.6 is 0 Å². The molecule has 5 heteroatoms. The lowest BCUT2D eigenvalue weighted by Crippen LogP contribution is -2.12. The van der Waals surface area contributed by atoms with E-state index in [-0.39, 0.29) is 0 Å². The molecule has 0 atom stereocenters. The van der Waals surface area contributed by atoms with Crippen molar-refractivity contribution in [1.82, 2.24) is 5.43 Å². The Labute approximate surface area is 134 Å². The van der Waals surface area contributed by atoms with E-state index in [9.17, 15) is 0 Å². The Kier molecular flexibility index (Phi) is 3.12. The molecule has 0 saturated heterocycles. The van der Waals surface area contributed by atoms with E-state index in [0.29, 0.717) is 0 Å². The van der Waals surface area contributed by atoms with Crippen LogP contribution in [-0.2, 0) is 0 Å². The fourth-order valence-corrected chi connectivity index (χ4v) is 2.74. The van der Waals surface area contributed by atoms with Crippen molar-refractivity contribution in [3.63, 3.8) is 0 Å². The second-order valence-corrected chi connectivity index (χ2v) is 5.25. The molecule has 0 radical (unpaired) electrons. The van der Waals surface area contributed by atoms with Gasteiger partial charge >= 0.3 is 0 Å². The van der Waals surface area contributed by atoms with Crippen molar-refractivity contribution in [3.8, 4) is 11.5 Å². The highest BCUT2D eigenvalue weighted by Gasteiger charge is 2.29. The largest absolute Gasteiger partial charge is 0.497 e. The minimum absolute atomic E-state index is 0.739. The Balaban J connectivity index is 1.71. The number of aliphatic imine (C=N–C) groups is 1. The Hall–Kier alpha value is -3.08. The van der Waals surface area contributed by atoms with Crippen molar-refractivity contribution in [2.24, 2.45) is 10.1 Å². The number of hydrogen-bond acceptors (Lipinski definition) is 4. The van der Waals surface area contributed by atoms with E-state index < -0.39 is 0 Å². The summed E-state index contributed by atoms with van der Waals surface area (Å²) in [5.41, 5.74) is 7.93. The fourth-order valence-electron chi connectivity index (χ4n) is 2.74. The molecule has 1 heterocycles. The van der Waals surface area contributed by atoms with Gasteiger partial charge in [0.1, 0.15) is 17.2 Å². The molecule has 0 fully saturated rings. The van der Waals surface area contributed by atoms with Gasteiger partial charge in [-0.2, -0.15) is 5.10 Å². The number of nitrogens with one attached hydrogen (secondary N) is 1. The number of benzene rings is 2. The Bertz CT molecular complexity index is 882. The molecule has 5 nitrogen and oxygen atoms in total. The van der Waals surface area contributed by atoms with E-state index in [2.05, 4.69) is 21.6 Å². The van der Waals surface area contributed by atoms with Crippen molar-refractivity contribution in [2.75, 3.05) is 14.2 Å². The average molecular weight is 305 g/mol. The third-order valence-corrected chi connectivity index (χ3v) is 3.89. The monoisotopic (exact) mass is 305 g/mol. The lowest BCUT2D eigenvalue weighted by atomic mass is 10.1. The molecule has 0 bridgehead atoms. The van der Waals surface area contributed by atoms with Crippen LogP contribution in [0.4, 0.5) is 5.69 Å². The molecule has 0 saturated carbocycles.